The molecule has 104 valence electrons. The Hall–Kier alpha value is -0.0400. The summed E-state index contributed by atoms with van der Waals surface area (Å²) in [5, 5.41) is 0. The average molecular weight is 241 g/mol. The minimum Gasteiger partial charge on any atom is -0.301 e. The van der Waals surface area contributed by atoms with Crippen molar-refractivity contribution in [3.63, 3.8) is 0 Å². The molecule has 1 saturated heterocycles. The van der Waals surface area contributed by atoms with E-state index < -0.39 is 0 Å². The van der Waals surface area contributed by atoms with E-state index in [9.17, 15) is 0 Å². The van der Waals surface area contributed by atoms with Crippen molar-refractivity contribution in [2.45, 2.75) is 80.2 Å². The van der Waals surface area contributed by atoms with E-state index in [1.807, 2.05) is 13.8 Å². The highest BCUT2D eigenvalue weighted by Gasteiger charge is 2.31. The monoisotopic (exact) mass is 241 g/mol. The molecule has 1 fully saturated rings. The standard InChI is InChI=1S/C14H29N.C2H6/c1-6-12(3)15-10-8-13(9-11-15)14(4,5)7-2;1-2/h12-13H,6-11H2,1-5H3;1-2H3. The van der Waals surface area contributed by atoms with Crippen LogP contribution < -0.4 is 0 Å². The van der Waals surface area contributed by atoms with Crippen molar-refractivity contribution in [2.75, 3.05) is 13.1 Å². The quantitative estimate of drug-likeness (QED) is 0.672. The van der Waals surface area contributed by atoms with Crippen LogP contribution in [0.4, 0.5) is 0 Å². The summed E-state index contributed by atoms with van der Waals surface area (Å²) in [7, 11) is 0. The molecule has 0 aromatic heterocycles. The third kappa shape index (κ3) is 4.99. The largest absolute Gasteiger partial charge is 0.301 e. The average Bonchev–Trinajstić information content (AvgIpc) is 2.40. The Morgan fingerprint density at radius 3 is 1.94 bits per heavy atom. The van der Waals surface area contributed by atoms with Crippen LogP contribution in [0.25, 0.3) is 0 Å². The van der Waals surface area contributed by atoms with Crippen molar-refractivity contribution in [2.24, 2.45) is 11.3 Å². The second-order valence-electron chi connectivity index (χ2n) is 5.91. The lowest BCUT2D eigenvalue weighted by Gasteiger charge is -2.42. The van der Waals surface area contributed by atoms with Crippen LogP contribution in [0.3, 0.4) is 0 Å². The minimum atomic E-state index is 0.557. The van der Waals surface area contributed by atoms with E-state index in [0.29, 0.717) is 5.41 Å². The van der Waals surface area contributed by atoms with E-state index in [1.165, 1.54) is 38.8 Å². The van der Waals surface area contributed by atoms with Crippen LogP contribution in [0.5, 0.6) is 0 Å². The lowest BCUT2D eigenvalue weighted by atomic mass is 9.72. The summed E-state index contributed by atoms with van der Waals surface area (Å²) in [6.07, 6.45) is 5.43. The first-order valence-electron chi connectivity index (χ1n) is 7.75. The van der Waals surface area contributed by atoms with E-state index in [0.717, 1.165) is 12.0 Å². The number of hydrogen-bond donors (Lipinski definition) is 0. The van der Waals surface area contributed by atoms with E-state index >= 15 is 0 Å². The zero-order chi connectivity index (χ0) is 13.5. The van der Waals surface area contributed by atoms with Crippen LogP contribution in [0.1, 0.15) is 74.1 Å². The van der Waals surface area contributed by atoms with Crippen molar-refractivity contribution < 1.29 is 0 Å². The summed E-state index contributed by atoms with van der Waals surface area (Å²) in [5.74, 6) is 0.947. The van der Waals surface area contributed by atoms with Gasteiger partial charge in [0.1, 0.15) is 0 Å². The fourth-order valence-electron chi connectivity index (χ4n) is 2.67. The van der Waals surface area contributed by atoms with Gasteiger partial charge in [-0.1, -0.05) is 48.0 Å². The van der Waals surface area contributed by atoms with E-state index in [-0.39, 0.29) is 0 Å². The second-order valence-corrected chi connectivity index (χ2v) is 5.91. The van der Waals surface area contributed by atoms with Crippen molar-refractivity contribution in [3.8, 4) is 0 Å². The maximum Gasteiger partial charge on any atom is 0.00643 e. The highest BCUT2D eigenvalue weighted by molar-refractivity contribution is 4.83. The molecule has 0 aromatic carbocycles. The van der Waals surface area contributed by atoms with Crippen LogP contribution >= 0.6 is 0 Å². The van der Waals surface area contributed by atoms with E-state index in [4.69, 9.17) is 0 Å². The Morgan fingerprint density at radius 1 is 1.12 bits per heavy atom. The van der Waals surface area contributed by atoms with Gasteiger partial charge in [-0.3, -0.25) is 0 Å². The van der Waals surface area contributed by atoms with Gasteiger partial charge in [0.25, 0.3) is 0 Å². The summed E-state index contributed by atoms with van der Waals surface area (Å²) in [6.45, 7) is 18.5. The van der Waals surface area contributed by atoms with Gasteiger partial charge >= 0.3 is 0 Å². The fourth-order valence-corrected chi connectivity index (χ4v) is 2.67. The molecule has 1 atom stereocenters. The van der Waals surface area contributed by atoms with Crippen LogP contribution in [0.15, 0.2) is 0 Å². The van der Waals surface area contributed by atoms with Crippen LogP contribution in [-0.4, -0.2) is 24.0 Å². The number of nitrogens with zero attached hydrogens (tertiary/aromatic N) is 1. The third-order valence-corrected chi connectivity index (χ3v) is 4.76. The minimum absolute atomic E-state index is 0.557. The maximum absolute atomic E-state index is 2.67. The summed E-state index contributed by atoms with van der Waals surface area (Å²) in [6, 6.07) is 0.788. The van der Waals surface area contributed by atoms with Gasteiger partial charge in [0, 0.05) is 6.04 Å². The first kappa shape index (κ1) is 17.0. The first-order valence-corrected chi connectivity index (χ1v) is 7.75. The normalized spacial score (nSPS) is 20.6. The summed E-state index contributed by atoms with van der Waals surface area (Å²) < 4.78 is 0. The highest BCUT2D eigenvalue weighted by Crippen LogP contribution is 2.37. The van der Waals surface area contributed by atoms with Crippen molar-refractivity contribution >= 4 is 0 Å². The Bertz CT molecular complexity index is 178. The summed E-state index contributed by atoms with van der Waals surface area (Å²) >= 11 is 0. The Morgan fingerprint density at radius 2 is 1.59 bits per heavy atom. The van der Waals surface area contributed by atoms with Gasteiger partial charge in [-0.2, -0.15) is 0 Å². The molecule has 0 bridgehead atoms. The molecule has 0 aromatic rings. The van der Waals surface area contributed by atoms with E-state index in [1.54, 1.807) is 0 Å². The predicted molar refractivity (Wildman–Crippen MR) is 79.5 cm³/mol. The maximum atomic E-state index is 2.67. The van der Waals surface area contributed by atoms with Gasteiger partial charge in [0.05, 0.1) is 0 Å². The number of piperidine rings is 1. The van der Waals surface area contributed by atoms with Crippen LogP contribution in [0.2, 0.25) is 0 Å². The van der Waals surface area contributed by atoms with Gasteiger partial charge in [0.2, 0.25) is 0 Å². The van der Waals surface area contributed by atoms with Crippen molar-refractivity contribution in [1.82, 2.24) is 4.90 Å². The van der Waals surface area contributed by atoms with Crippen LogP contribution in [-0.2, 0) is 0 Å². The molecule has 1 nitrogen and oxygen atoms in total. The molecular weight excluding hydrogens is 206 g/mol. The molecule has 0 amide bonds. The van der Waals surface area contributed by atoms with Crippen LogP contribution in [0, 0.1) is 11.3 Å². The molecule has 0 radical (unpaired) electrons. The van der Waals surface area contributed by atoms with Crippen molar-refractivity contribution in [3.05, 3.63) is 0 Å². The number of likely N-dealkylation sites (tertiary alicyclic amines) is 1. The zero-order valence-electron chi connectivity index (χ0n) is 13.3. The van der Waals surface area contributed by atoms with E-state index in [2.05, 4.69) is 39.5 Å². The Labute approximate surface area is 110 Å². The number of rotatable bonds is 4. The highest BCUT2D eigenvalue weighted by atomic mass is 15.2. The van der Waals surface area contributed by atoms with Gasteiger partial charge in [-0.15, -0.1) is 0 Å². The zero-order valence-corrected chi connectivity index (χ0v) is 13.3. The molecule has 1 aliphatic rings. The second kappa shape index (κ2) is 8.13. The smallest absolute Gasteiger partial charge is 0.00643 e. The molecule has 0 aliphatic carbocycles. The SMILES string of the molecule is CC.CCC(C)N1CCC(C(C)(C)CC)CC1. The molecular formula is C16H35N. The third-order valence-electron chi connectivity index (χ3n) is 4.76. The van der Waals surface area contributed by atoms with Gasteiger partial charge in [-0.05, 0) is 50.6 Å². The summed E-state index contributed by atoms with van der Waals surface area (Å²) in [5.41, 5.74) is 0.557. The topological polar surface area (TPSA) is 3.24 Å². The van der Waals surface area contributed by atoms with Gasteiger partial charge in [-0.25, -0.2) is 0 Å². The molecule has 0 saturated carbocycles. The Kier molecular flexibility index (Phi) is 8.11. The molecule has 17 heavy (non-hydrogen) atoms. The molecule has 1 unspecified atom stereocenters. The molecule has 0 spiro atoms. The molecule has 1 heteroatoms. The fraction of sp³-hybridized carbons (Fsp3) is 1.00. The lowest BCUT2D eigenvalue weighted by molar-refractivity contribution is 0.0755. The molecule has 1 rings (SSSR count). The predicted octanol–water partition coefficient (Wildman–Crippen LogP) is 4.96. The van der Waals surface area contributed by atoms with Gasteiger partial charge in [0.15, 0.2) is 0 Å². The molecule has 1 heterocycles. The Balaban J connectivity index is 0.00000121. The molecule has 1 aliphatic heterocycles. The summed E-state index contributed by atoms with van der Waals surface area (Å²) in [4.78, 5) is 2.67. The lowest BCUT2D eigenvalue weighted by Crippen LogP contribution is -2.42. The number of hydrogen-bond acceptors (Lipinski definition) is 1. The first-order chi connectivity index (χ1) is 8.01. The van der Waals surface area contributed by atoms with Crippen molar-refractivity contribution in [1.29, 1.82) is 0 Å². The molecule has 0 N–H and O–H groups in total. The van der Waals surface area contributed by atoms with Gasteiger partial charge < -0.3 is 4.90 Å².